The van der Waals surface area contributed by atoms with E-state index in [1.165, 1.54) is 19.3 Å². The molecule has 1 aromatic carbocycles. The van der Waals surface area contributed by atoms with E-state index in [9.17, 15) is 20.1 Å². The van der Waals surface area contributed by atoms with Gasteiger partial charge in [0.15, 0.2) is 0 Å². The minimum Gasteiger partial charge on any atom is -0.462 e. The van der Waals surface area contributed by atoms with E-state index in [2.05, 4.69) is 5.48 Å². The zero-order valence-corrected chi connectivity index (χ0v) is 16.0. The van der Waals surface area contributed by atoms with Crippen LogP contribution in [-0.4, -0.2) is 58.6 Å². The van der Waals surface area contributed by atoms with E-state index in [0.717, 1.165) is 12.8 Å². The van der Waals surface area contributed by atoms with Crippen LogP contribution in [0.1, 0.15) is 49.4 Å². The Labute approximate surface area is 164 Å². The Bertz CT molecular complexity index is 632. The fourth-order valence-corrected chi connectivity index (χ4v) is 3.54. The van der Waals surface area contributed by atoms with Gasteiger partial charge in [-0.25, -0.2) is 9.63 Å². The molecule has 1 aliphatic carbocycles. The van der Waals surface area contributed by atoms with Crippen molar-refractivity contribution >= 4 is 11.7 Å². The number of carbonyl (C=O) groups is 1. The monoisotopic (exact) mass is 395 g/mol. The van der Waals surface area contributed by atoms with E-state index >= 15 is 0 Å². The van der Waals surface area contributed by atoms with Gasteiger partial charge in [0.1, 0.15) is 18.3 Å². The number of carbonyl (C=O) groups excluding carboxylic acids is 1. The van der Waals surface area contributed by atoms with Crippen LogP contribution >= 0.6 is 0 Å². The van der Waals surface area contributed by atoms with Crippen molar-refractivity contribution < 1.29 is 34.4 Å². The standard InChI is InChI=1S/C20H29NO7/c1-12-16(22)17(23)18(24)20(27-12)28-21-15-9-7-14(8-10-15)19(25)26-11-13-5-3-2-4-6-13/h7-10,12-13,16-18,20-24H,2-6,11H2,1H3/t12-,16-,17+,18+,20?/m0/s1. The highest BCUT2D eigenvalue weighted by Gasteiger charge is 2.42. The molecule has 0 radical (unpaired) electrons. The van der Waals surface area contributed by atoms with Crippen molar-refractivity contribution in [2.24, 2.45) is 5.92 Å². The summed E-state index contributed by atoms with van der Waals surface area (Å²) in [6, 6.07) is 6.52. The minimum atomic E-state index is -1.40. The van der Waals surface area contributed by atoms with Crippen molar-refractivity contribution in [3.05, 3.63) is 29.8 Å². The van der Waals surface area contributed by atoms with Gasteiger partial charge in [0, 0.05) is 0 Å². The molecule has 0 spiro atoms. The topological polar surface area (TPSA) is 117 Å². The molecule has 4 N–H and O–H groups in total. The zero-order chi connectivity index (χ0) is 20.1. The highest BCUT2D eigenvalue weighted by molar-refractivity contribution is 5.89. The van der Waals surface area contributed by atoms with E-state index in [1.54, 1.807) is 31.2 Å². The molecule has 0 amide bonds. The van der Waals surface area contributed by atoms with Gasteiger partial charge in [0.25, 0.3) is 0 Å². The van der Waals surface area contributed by atoms with Crippen molar-refractivity contribution in [3.63, 3.8) is 0 Å². The predicted molar refractivity (Wildman–Crippen MR) is 100 cm³/mol. The van der Waals surface area contributed by atoms with Crippen molar-refractivity contribution in [1.29, 1.82) is 0 Å². The molecule has 1 unspecified atom stereocenters. The number of esters is 1. The summed E-state index contributed by atoms with van der Waals surface area (Å²) in [7, 11) is 0. The Morgan fingerprint density at radius 2 is 1.75 bits per heavy atom. The third-order valence-corrected chi connectivity index (χ3v) is 5.40. The normalized spacial score (nSPS) is 31.4. The molecular formula is C20H29NO7. The van der Waals surface area contributed by atoms with E-state index in [1.807, 2.05) is 0 Å². The van der Waals surface area contributed by atoms with Crippen LogP contribution in [0.4, 0.5) is 5.69 Å². The summed E-state index contributed by atoms with van der Waals surface area (Å²) in [4.78, 5) is 17.5. The largest absolute Gasteiger partial charge is 0.462 e. The first-order valence-electron chi connectivity index (χ1n) is 9.84. The zero-order valence-electron chi connectivity index (χ0n) is 16.0. The Morgan fingerprint density at radius 1 is 1.07 bits per heavy atom. The predicted octanol–water partition coefficient (Wildman–Crippen LogP) is 1.59. The lowest BCUT2D eigenvalue weighted by Gasteiger charge is -2.38. The molecule has 1 aromatic rings. The van der Waals surface area contributed by atoms with Crippen molar-refractivity contribution in [1.82, 2.24) is 0 Å². The third kappa shape index (κ3) is 5.21. The summed E-state index contributed by atoms with van der Waals surface area (Å²) in [6.45, 7) is 2.04. The maximum Gasteiger partial charge on any atom is 0.338 e. The number of aliphatic hydroxyl groups is 3. The molecule has 3 rings (SSSR count). The molecule has 8 nitrogen and oxygen atoms in total. The van der Waals surface area contributed by atoms with Gasteiger partial charge in [0.05, 0.1) is 24.0 Å². The van der Waals surface area contributed by atoms with Crippen LogP contribution in [0.3, 0.4) is 0 Å². The van der Waals surface area contributed by atoms with E-state index in [4.69, 9.17) is 14.3 Å². The van der Waals surface area contributed by atoms with Gasteiger partial charge < -0.3 is 24.8 Å². The Morgan fingerprint density at radius 3 is 2.43 bits per heavy atom. The van der Waals surface area contributed by atoms with Crippen LogP contribution in [-0.2, 0) is 14.3 Å². The molecule has 156 valence electrons. The molecule has 28 heavy (non-hydrogen) atoms. The minimum absolute atomic E-state index is 0.352. The molecule has 8 heteroatoms. The Kier molecular flexibility index (Phi) is 7.25. The number of anilines is 1. The van der Waals surface area contributed by atoms with Crippen LogP contribution in [0.5, 0.6) is 0 Å². The number of benzene rings is 1. The van der Waals surface area contributed by atoms with Gasteiger partial charge >= 0.3 is 5.97 Å². The average molecular weight is 395 g/mol. The number of hydrogen-bond acceptors (Lipinski definition) is 8. The Hall–Kier alpha value is -1.71. The number of rotatable bonds is 6. The van der Waals surface area contributed by atoms with Gasteiger partial charge in [-0.3, -0.25) is 5.48 Å². The van der Waals surface area contributed by atoms with Gasteiger partial charge in [0.2, 0.25) is 6.29 Å². The van der Waals surface area contributed by atoms with E-state index in [0.29, 0.717) is 23.8 Å². The molecule has 2 aliphatic rings. The van der Waals surface area contributed by atoms with Gasteiger partial charge in [-0.05, 0) is 49.9 Å². The fourth-order valence-electron chi connectivity index (χ4n) is 3.54. The quantitative estimate of drug-likeness (QED) is 0.424. The first-order chi connectivity index (χ1) is 13.5. The Balaban J connectivity index is 1.46. The molecule has 1 heterocycles. The SMILES string of the molecule is C[C@@H]1OC(ONc2ccc(C(=O)OCC3CCCCC3)cc2)[C@H](O)[C@H](O)[C@H]1O. The van der Waals surface area contributed by atoms with Crippen LogP contribution in [0.15, 0.2) is 24.3 Å². The second-order valence-corrected chi connectivity index (χ2v) is 7.58. The summed E-state index contributed by atoms with van der Waals surface area (Å²) in [6.07, 6.45) is 0.133. The molecule has 1 saturated carbocycles. The lowest BCUT2D eigenvalue weighted by atomic mass is 9.90. The molecule has 1 aliphatic heterocycles. The van der Waals surface area contributed by atoms with Gasteiger partial charge in [-0.1, -0.05) is 19.3 Å². The summed E-state index contributed by atoms with van der Waals surface area (Å²) in [5.41, 5.74) is 3.60. The fraction of sp³-hybridized carbons (Fsp3) is 0.650. The lowest BCUT2D eigenvalue weighted by molar-refractivity contribution is -0.286. The molecule has 5 atom stereocenters. The molecule has 1 saturated heterocycles. The first-order valence-corrected chi connectivity index (χ1v) is 9.84. The van der Waals surface area contributed by atoms with Crippen molar-refractivity contribution in [2.45, 2.75) is 69.7 Å². The number of aliphatic hydroxyl groups excluding tert-OH is 3. The highest BCUT2D eigenvalue weighted by atomic mass is 16.8. The first kappa shape index (κ1) is 21.0. The van der Waals surface area contributed by atoms with Crippen molar-refractivity contribution in [2.75, 3.05) is 12.1 Å². The van der Waals surface area contributed by atoms with Crippen LogP contribution < -0.4 is 5.48 Å². The van der Waals surface area contributed by atoms with Crippen LogP contribution in [0.2, 0.25) is 0 Å². The van der Waals surface area contributed by atoms with Gasteiger partial charge in [-0.2, -0.15) is 0 Å². The maximum absolute atomic E-state index is 12.2. The number of nitrogens with one attached hydrogen (secondary N) is 1. The molecular weight excluding hydrogens is 366 g/mol. The van der Waals surface area contributed by atoms with E-state index in [-0.39, 0.29) is 5.97 Å². The van der Waals surface area contributed by atoms with Crippen LogP contribution in [0, 0.1) is 5.92 Å². The molecule has 2 fully saturated rings. The van der Waals surface area contributed by atoms with Gasteiger partial charge in [-0.15, -0.1) is 0 Å². The second kappa shape index (κ2) is 9.67. The molecule has 0 aromatic heterocycles. The van der Waals surface area contributed by atoms with E-state index < -0.39 is 30.7 Å². The average Bonchev–Trinajstić information content (AvgIpc) is 2.73. The lowest BCUT2D eigenvalue weighted by Crippen LogP contribution is -2.57. The summed E-state index contributed by atoms with van der Waals surface area (Å²) in [5.74, 6) is 0.111. The summed E-state index contributed by atoms with van der Waals surface area (Å²) in [5, 5.41) is 29.4. The highest BCUT2D eigenvalue weighted by Crippen LogP contribution is 2.24. The maximum atomic E-state index is 12.2. The second-order valence-electron chi connectivity index (χ2n) is 7.58. The smallest absolute Gasteiger partial charge is 0.338 e. The summed E-state index contributed by atoms with van der Waals surface area (Å²) >= 11 is 0. The number of ether oxygens (including phenoxy) is 2. The number of hydrogen-bond donors (Lipinski definition) is 4. The third-order valence-electron chi connectivity index (χ3n) is 5.40. The summed E-state index contributed by atoms with van der Waals surface area (Å²) < 4.78 is 10.8. The molecule has 0 bridgehead atoms. The van der Waals surface area contributed by atoms with Crippen molar-refractivity contribution in [3.8, 4) is 0 Å². The van der Waals surface area contributed by atoms with Crippen LogP contribution in [0.25, 0.3) is 0 Å².